The fraction of sp³-hybridized carbons (Fsp3) is 0.875. The van der Waals surface area contributed by atoms with Gasteiger partial charge in [-0.05, 0) is 12.8 Å². The minimum absolute atomic E-state index is 0.111. The summed E-state index contributed by atoms with van der Waals surface area (Å²) in [6.07, 6.45) is 0. The zero-order chi connectivity index (χ0) is 10.4. The number of aliphatic hydroxyl groups excluding tert-OH is 1. The second kappa shape index (κ2) is 5.90. The van der Waals surface area contributed by atoms with E-state index in [1.165, 1.54) is 0 Å². The summed E-state index contributed by atoms with van der Waals surface area (Å²) in [7, 11) is 0. The Bertz CT molecular complexity index is 163. The smallest absolute Gasteiger partial charge is 0.235 e. The molecule has 0 aromatic heterocycles. The predicted octanol–water partition coefficient (Wildman–Crippen LogP) is -1.59. The van der Waals surface area contributed by atoms with Crippen LogP contribution in [0.3, 0.4) is 0 Å². The first-order valence-corrected chi connectivity index (χ1v) is 4.38. The fourth-order valence-electron chi connectivity index (χ4n) is 0.773. The van der Waals surface area contributed by atoms with Crippen molar-refractivity contribution in [3.05, 3.63) is 0 Å². The summed E-state index contributed by atoms with van der Waals surface area (Å²) in [5.74, 6) is -0.378. The van der Waals surface area contributed by atoms with Gasteiger partial charge in [0.05, 0.1) is 6.04 Å². The minimum atomic E-state index is -0.659. The van der Waals surface area contributed by atoms with Gasteiger partial charge in [0.2, 0.25) is 5.91 Å². The Morgan fingerprint density at radius 1 is 1.54 bits per heavy atom. The third-order valence-corrected chi connectivity index (χ3v) is 2.17. The van der Waals surface area contributed by atoms with Gasteiger partial charge in [0.1, 0.15) is 0 Å². The number of nitrogens with one attached hydrogen (secondary N) is 1. The highest BCUT2D eigenvalue weighted by atomic mass is 16.3. The van der Waals surface area contributed by atoms with Crippen LogP contribution < -0.4 is 16.8 Å². The maximum Gasteiger partial charge on any atom is 0.235 e. The quantitative estimate of drug-likeness (QED) is 0.404. The highest BCUT2D eigenvalue weighted by Gasteiger charge is 2.14. The second-order valence-electron chi connectivity index (χ2n) is 3.37. The number of nitrogens with two attached hydrogens (primary N) is 2. The summed E-state index contributed by atoms with van der Waals surface area (Å²) in [5, 5.41) is 11.8. The molecule has 5 heteroatoms. The Hall–Kier alpha value is -0.650. The van der Waals surface area contributed by atoms with E-state index in [2.05, 4.69) is 5.32 Å². The molecule has 0 aromatic carbocycles. The highest BCUT2D eigenvalue weighted by Crippen LogP contribution is 1.99. The molecule has 1 amide bonds. The molecule has 3 unspecified atom stereocenters. The van der Waals surface area contributed by atoms with Gasteiger partial charge in [-0.25, -0.2) is 0 Å². The normalized spacial score (nSPS) is 17.8. The molecule has 0 aromatic rings. The molecule has 0 spiro atoms. The summed E-state index contributed by atoms with van der Waals surface area (Å²) in [6, 6.07) is -0.538. The Labute approximate surface area is 78.5 Å². The van der Waals surface area contributed by atoms with Crippen LogP contribution in [0.25, 0.3) is 0 Å². The maximum absolute atomic E-state index is 10.6. The molecule has 6 N–H and O–H groups in total. The Morgan fingerprint density at radius 2 is 2.08 bits per heavy atom. The van der Waals surface area contributed by atoms with Crippen LogP contribution in [0.4, 0.5) is 0 Å². The summed E-state index contributed by atoms with van der Waals surface area (Å²) < 4.78 is 0. The van der Waals surface area contributed by atoms with Gasteiger partial charge in [-0.3, -0.25) is 4.79 Å². The average Bonchev–Trinajstić information content (AvgIpc) is 2.11. The molecule has 3 atom stereocenters. The molecule has 0 saturated heterocycles. The van der Waals surface area contributed by atoms with Crippen molar-refractivity contribution in [2.24, 2.45) is 17.4 Å². The lowest BCUT2D eigenvalue weighted by Crippen LogP contribution is -2.47. The van der Waals surface area contributed by atoms with Crippen LogP contribution in [0, 0.1) is 5.92 Å². The van der Waals surface area contributed by atoms with Gasteiger partial charge in [-0.2, -0.15) is 0 Å². The van der Waals surface area contributed by atoms with E-state index in [4.69, 9.17) is 16.6 Å². The summed E-state index contributed by atoms with van der Waals surface area (Å²) in [4.78, 5) is 10.6. The van der Waals surface area contributed by atoms with Crippen molar-refractivity contribution in [2.75, 3.05) is 13.2 Å². The van der Waals surface area contributed by atoms with Crippen molar-refractivity contribution in [3.63, 3.8) is 0 Å². The first-order chi connectivity index (χ1) is 5.99. The zero-order valence-electron chi connectivity index (χ0n) is 8.16. The number of primary amides is 1. The van der Waals surface area contributed by atoms with Crippen molar-refractivity contribution < 1.29 is 9.90 Å². The highest BCUT2D eigenvalue weighted by molar-refractivity contribution is 5.79. The van der Waals surface area contributed by atoms with E-state index >= 15 is 0 Å². The largest absolute Gasteiger partial charge is 0.396 e. The summed E-state index contributed by atoms with van der Waals surface area (Å²) in [5.41, 5.74) is 10.4. The SMILES string of the molecule is CC(CO)C(C)NCC(N)C(N)=O. The van der Waals surface area contributed by atoms with Gasteiger partial charge in [-0.1, -0.05) is 6.92 Å². The third-order valence-electron chi connectivity index (χ3n) is 2.17. The van der Waals surface area contributed by atoms with Gasteiger partial charge in [0.15, 0.2) is 0 Å². The van der Waals surface area contributed by atoms with Crippen LogP contribution in [0.5, 0.6) is 0 Å². The third kappa shape index (κ3) is 4.82. The van der Waals surface area contributed by atoms with Crippen molar-refractivity contribution in [2.45, 2.75) is 25.9 Å². The van der Waals surface area contributed by atoms with E-state index in [0.29, 0.717) is 6.54 Å². The molecule has 0 fully saturated rings. The number of hydrogen-bond acceptors (Lipinski definition) is 4. The van der Waals surface area contributed by atoms with E-state index in [-0.39, 0.29) is 18.6 Å². The lowest BCUT2D eigenvalue weighted by atomic mass is 10.1. The van der Waals surface area contributed by atoms with Crippen LogP contribution in [0.2, 0.25) is 0 Å². The van der Waals surface area contributed by atoms with Crippen molar-refractivity contribution in [3.8, 4) is 0 Å². The van der Waals surface area contributed by atoms with Crippen molar-refractivity contribution in [1.29, 1.82) is 0 Å². The standard InChI is InChI=1S/C8H19N3O2/c1-5(4-12)6(2)11-3-7(9)8(10)13/h5-7,11-12H,3-4,9H2,1-2H3,(H2,10,13). The van der Waals surface area contributed by atoms with Crippen LogP contribution in [-0.2, 0) is 4.79 Å². The van der Waals surface area contributed by atoms with Gasteiger partial charge in [-0.15, -0.1) is 0 Å². The monoisotopic (exact) mass is 189 g/mol. The first kappa shape index (κ1) is 12.3. The van der Waals surface area contributed by atoms with Crippen LogP contribution in [0.15, 0.2) is 0 Å². The Balaban J connectivity index is 3.69. The van der Waals surface area contributed by atoms with E-state index in [1.807, 2.05) is 13.8 Å². The summed E-state index contributed by atoms with van der Waals surface area (Å²) >= 11 is 0. The molecule has 0 aliphatic heterocycles. The molecular weight excluding hydrogens is 170 g/mol. The molecule has 0 saturated carbocycles. The molecular formula is C8H19N3O2. The molecule has 13 heavy (non-hydrogen) atoms. The number of hydrogen-bond donors (Lipinski definition) is 4. The van der Waals surface area contributed by atoms with E-state index in [0.717, 1.165) is 0 Å². The second-order valence-corrected chi connectivity index (χ2v) is 3.37. The number of rotatable bonds is 6. The number of amides is 1. The topological polar surface area (TPSA) is 101 Å². The van der Waals surface area contributed by atoms with Crippen molar-refractivity contribution in [1.82, 2.24) is 5.32 Å². The molecule has 0 heterocycles. The van der Waals surface area contributed by atoms with E-state index in [1.54, 1.807) is 0 Å². The Kier molecular flexibility index (Phi) is 5.61. The molecule has 0 bridgehead atoms. The summed E-state index contributed by atoms with van der Waals surface area (Å²) in [6.45, 7) is 4.29. The van der Waals surface area contributed by atoms with Crippen LogP contribution in [-0.4, -0.2) is 36.2 Å². The lowest BCUT2D eigenvalue weighted by molar-refractivity contribution is -0.119. The van der Waals surface area contributed by atoms with Crippen LogP contribution >= 0.6 is 0 Å². The number of aliphatic hydroxyl groups is 1. The molecule has 5 nitrogen and oxygen atoms in total. The van der Waals surface area contributed by atoms with Crippen molar-refractivity contribution >= 4 is 5.91 Å². The van der Waals surface area contributed by atoms with Gasteiger partial charge >= 0.3 is 0 Å². The van der Waals surface area contributed by atoms with Gasteiger partial charge < -0.3 is 21.9 Å². The molecule has 0 radical (unpaired) electrons. The molecule has 0 aliphatic carbocycles. The number of carbonyl (C=O) groups excluding carboxylic acids is 1. The predicted molar refractivity (Wildman–Crippen MR) is 50.9 cm³/mol. The zero-order valence-corrected chi connectivity index (χ0v) is 8.16. The lowest BCUT2D eigenvalue weighted by Gasteiger charge is -2.20. The average molecular weight is 189 g/mol. The van der Waals surface area contributed by atoms with Gasteiger partial charge in [0, 0.05) is 19.2 Å². The maximum atomic E-state index is 10.6. The Morgan fingerprint density at radius 3 is 2.46 bits per heavy atom. The number of carbonyl (C=O) groups is 1. The molecule has 0 rings (SSSR count). The van der Waals surface area contributed by atoms with E-state index in [9.17, 15) is 4.79 Å². The molecule has 0 aliphatic rings. The van der Waals surface area contributed by atoms with E-state index < -0.39 is 11.9 Å². The van der Waals surface area contributed by atoms with Crippen LogP contribution in [0.1, 0.15) is 13.8 Å². The first-order valence-electron chi connectivity index (χ1n) is 4.38. The molecule has 78 valence electrons. The fourth-order valence-corrected chi connectivity index (χ4v) is 0.773. The minimum Gasteiger partial charge on any atom is -0.396 e. The van der Waals surface area contributed by atoms with Gasteiger partial charge in [0.25, 0.3) is 0 Å².